The van der Waals surface area contributed by atoms with Gasteiger partial charge in [0.1, 0.15) is 0 Å². The van der Waals surface area contributed by atoms with Gasteiger partial charge in [0, 0.05) is 13.2 Å². The van der Waals surface area contributed by atoms with Crippen molar-refractivity contribution in [3.8, 4) is 0 Å². The van der Waals surface area contributed by atoms with Crippen molar-refractivity contribution in [2.24, 2.45) is 12.8 Å². The zero-order chi connectivity index (χ0) is 16.1. The van der Waals surface area contributed by atoms with Crippen molar-refractivity contribution in [1.82, 2.24) is 15.1 Å². The van der Waals surface area contributed by atoms with Crippen LogP contribution < -0.4 is 16.4 Å². The Hall–Kier alpha value is -2.83. The van der Waals surface area contributed by atoms with E-state index in [1.165, 1.54) is 0 Å². The van der Waals surface area contributed by atoms with Crippen LogP contribution in [0, 0.1) is 6.92 Å². The Labute approximate surface area is 128 Å². The van der Waals surface area contributed by atoms with E-state index in [1.807, 2.05) is 31.2 Å². The van der Waals surface area contributed by atoms with Gasteiger partial charge >= 0.3 is 6.03 Å². The van der Waals surface area contributed by atoms with E-state index in [-0.39, 0.29) is 12.3 Å². The third-order valence-corrected chi connectivity index (χ3v) is 3.14. The predicted molar refractivity (Wildman–Crippen MR) is 83.1 cm³/mol. The number of hydrogen-bond donors (Lipinski definition) is 3. The maximum atomic E-state index is 12.1. The summed E-state index contributed by atoms with van der Waals surface area (Å²) in [5.74, 6) is -0.228. The van der Waals surface area contributed by atoms with Crippen LogP contribution in [0.25, 0.3) is 0 Å². The Balaban J connectivity index is 2.09. The minimum atomic E-state index is -0.666. The first kappa shape index (κ1) is 15.6. The molecule has 0 saturated carbocycles. The van der Waals surface area contributed by atoms with Crippen LogP contribution in [0.1, 0.15) is 23.6 Å². The molecule has 0 spiro atoms. The number of hydrogen-bond acceptors (Lipinski definition) is 3. The van der Waals surface area contributed by atoms with Gasteiger partial charge in [-0.05, 0) is 12.5 Å². The van der Waals surface area contributed by atoms with Crippen LogP contribution in [0.4, 0.5) is 10.5 Å². The van der Waals surface area contributed by atoms with Gasteiger partial charge in [-0.3, -0.25) is 9.48 Å². The van der Waals surface area contributed by atoms with Crippen LogP contribution in [0.15, 0.2) is 36.7 Å². The number of rotatable bonds is 5. The molecule has 1 atom stereocenters. The molecule has 4 N–H and O–H groups in total. The molecule has 0 unspecified atom stereocenters. The van der Waals surface area contributed by atoms with Crippen LogP contribution >= 0.6 is 0 Å². The summed E-state index contributed by atoms with van der Waals surface area (Å²) >= 11 is 0. The maximum Gasteiger partial charge on any atom is 0.312 e. The van der Waals surface area contributed by atoms with Crippen molar-refractivity contribution >= 4 is 17.6 Å². The molecule has 0 aliphatic heterocycles. The summed E-state index contributed by atoms with van der Waals surface area (Å²) in [5.41, 5.74) is 7.69. The van der Waals surface area contributed by atoms with E-state index >= 15 is 0 Å². The monoisotopic (exact) mass is 301 g/mol. The van der Waals surface area contributed by atoms with Crippen molar-refractivity contribution in [3.63, 3.8) is 0 Å². The van der Waals surface area contributed by atoms with E-state index in [2.05, 4.69) is 15.7 Å². The molecule has 0 saturated heterocycles. The van der Waals surface area contributed by atoms with Gasteiger partial charge in [-0.15, -0.1) is 0 Å². The van der Waals surface area contributed by atoms with E-state index < -0.39 is 12.1 Å². The third kappa shape index (κ3) is 4.34. The van der Waals surface area contributed by atoms with Crippen LogP contribution in [0.5, 0.6) is 0 Å². The molecule has 22 heavy (non-hydrogen) atoms. The average molecular weight is 301 g/mol. The van der Waals surface area contributed by atoms with Gasteiger partial charge in [0.05, 0.1) is 24.3 Å². The summed E-state index contributed by atoms with van der Waals surface area (Å²) in [5, 5.41) is 9.32. The molecule has 7 heteroatoms. The third-order valence-electron chi connectivity index (χ3n) is 3.14. The smallest absolute Gasteiger partial charge is 0.312 e. The summed E-state index contributed by atoms with van der Waals surface area (Å²) in [4.78, 5) is 23.3. The summed E-state index contributed by atoms with van der Waals surface area (Å²) in [6.07, 6.45) is 3.34. The number of benzene rings is 1. The summed E-state index contributed by atoms with van der Waals surface area (Å²) < 4.78 is 1.59. The molecule has 7 nitrogen and oxygen atoms in total. The number of aryl methyl sites for hydroxylation is 2. The molecule has 0 bridgehead atoms. The number of nitrogens with one attached hydrogen (secondary N) is 2. The minimum absolute atomic E-state index is 0.0846. The predicted octanol–water partition coefficient (Wildman–Crippen LogP) is 1.47. The van der Waals surface area contributed by atoms with Gasteiger partial charge in [-0.1, -0.05) is 29.8 Å². The van der Waals surface area contributed by atoms with Crippen LogP contribution in [-0.4, -0.2) is 21.7 Å². The number of aromatic nitrogens is 2. The number of anilines is 1. The molecule has 0 aliphatic carbocycles. The lowest BCUT2D eigenvalue weighted by Gasteiger charge is -2.18. The molecular weight excluding hydrogens is 282 g/mol. The molecule has 0 aliphatic rings. The standard InChI is InChI=1S/C15H19N5O2/c1-10-4-3-5-11(6-10)13(19-15(16)22)7-14(21)18-12-8-17-20(2)9-12/h3-6,8-9,13H,7H2,1-2H3,(H,18,21)(H3,16,19,22)/t13-/m1/s1. The zero-order valence-electron chi connectivity index (χ0n) is 12.5. The fraction of sp³-hybridized carbons (Fsp3) is 0.267. The maximum absolute atomic E-state index is 12.1. The normalized spacial score (nSPS) is 11.7. The second kappa shape index (κ2) is 6.75. The fourth-order valence-electron chi connectivity index (χ4n) is 2.19. The molecule has 0 fully saturated rings. The topological polar surface area (TPSA) is 102 Å². The lowest BCUT2D eigenvalue weighted by Crippen LogP contribution is -2.35. The Morgan fingerprint density at radius 2 is 2.18 bits per heavy atom. The quantitative estimate of drug-likeness (QED) is 0.779. The highest BCUT2D eigenvalue weighted by molar-refractivity contribution is 5.91. The van der Waals surface area contributed by atoms with Gasteiger partial charge in [0.2, 0.25) is 5.91 Å². The Morgan fingerprint density at radius 1 is 1.41 bits per heavy atom. The van der Waals surface area contributed by atoms with Gasteiger partial charge in [0.15, 0.2) is 0 Å². The number of nitrogens with two attached hydrogens (primary N) is 1. The molecular formula is C15H19N5O2. The Kier molecular flexibility index (Phi) is 4.77. The number of urea groups is 1. The first-order valence-corrected chi connectivity index (χ1v) is 6.85. The van der Waals surface area contributed by atoms with Crippen molar-refractivity contribution in [3.05, 3.63) is 47.8 Å². The highest BCUT2D eigenvalue weighted by Gasteiger charge is 2.18. The van der Waals surface area contributed by atoms with Gasteiger partial charge in [0.25, 0.3) is 0 Å². The lowest BCUT2D eigenvalue weighted by molar-refractivity contribution is -0.116. The SMILES string of the molecule is Cc1cccc([C@@H](CC(=O)Nc2cnn(C)c2)NC(N)=O)c1. The number of amides is 3. The van der Waals surface area contributed by atoms with Gasteiger partial charge in [-0.2, -0.15) is 5.10 Å². The number of nitrogens with zero attached hydrogens (tertiary/aromatic N) is 2. The van der Waals surface area contributed by atoms with E-state index in [0.29, 0.717) is 5.69 Å². The molecule has 1 aromatic heterocycles. The van der Waals surface area contributed by atoms with E-state index in [1.54, 1.807) is 24.1 Å². The Bertz CT molecular complexity index is 680. The molecule has 1 heterocycles. The second-order valence-corrected chi connectivity index (χ2v) is 5.13. The summed E-state index contributed by atoms with van der Waals surface area (Å²) in [7, 11) is 1.76. The molecule has 0 radical (unpaired) electrons. The minimum Gasteiger partial charge on any atom is -0.352 e. The highest BCUT2D eigenvalue weighted by atomic mass is 16.2. The van der Waals surface area contributed by atoms with Crippen LogP contribution in [0.3, 0.4) is 0 Å². The molecule has 1 aromatic carbocycles. The van der Waals surface area contributed by atoms with E-state index in [9.17, 15) is 9.59 Å². The number of primary amides is 1. The largest absolute Gasteiger partial charge is 0.352 e. The van der Waals surface area contributed by atoms with Crippen LogP contribution in [0.2, 0.25) is 0 Å². The van der Waals surface area contributed by atoms with Crippen molar-refractivity contribution < 1.29 is 9.59 Å². The summed E-state index contributed by atoms with van der Waals surface area (Å²) in [6.45, 7) is 1.94. The van der Waals surface area contributed by atoms with Gasteiger partial charge in [-0.25, -0.2) is 4.79 Å². The first-order valence-electron chi connectivity index (χ1n) is 6.85. The number of carbonyl (C=O) groups is 2. The van der Waals surface area contributed by atoms with E-state index in [0.717, 1.165) is 11.1 Å². The number of carbonyl (C=O) groups excluding carboxylic acids is 2. The molecule has 2 rings (SSSR count). The van der Waals surface area contributed by atoms with Crippen molar-refractivity contribution in [2.75, 3.05) is 5.32 Å². The lowest BCUT2D eigenvalue weighted by atomic mass is 10.0. The fourth-order valence-corrected chi connectivity index (χ4v) is 2.19. The molecule has 116 valence electrons. The highest BCUT2D eigenvalue weighted by Crippen LogP contribution is 2.19. The van der Waals surface area contributed by atoms with Gasteiger partial charge < -0.3 is 16.4 Å². The zero-order valence-corrected chi connectivity index (χ0v) is 12.5. The first-order chi connectivity index (χ1) is 10.4. The van der Waals surface area contributed by atoms with E-state index in [4.69, 9.17) is 5.73 Å². The van der Waals surface area contributed by atoms with Crippen molar-refractivity contribution in [1.29, 1.82) is 0 Å². The molecule has 2 aromatic rings. The van der Waals surface area contributed by atoms with Crippen molar-refractivity contribution in [2.45, 2.75) is 19.4 Å². The Morgan fingerprint density at radius 3 is 2.77 bits per heavy atom. The molecule has 3 amide bonds. The summed E-state index contributed by atoms with van der Waals surface area (Å²) in [6, 6.07) is 6.44. The second-order valence-electron chi connectivity index (χ2n) is 5.13. The van der Waals surface area contributed by atoms with Crippen LogP contribution in [-0.2, 0) is 11.8 Å². The average Bonchev–Trinajstić information content (AvgIpc) is 2.82.